The van der Waals surface area contributed by atoms with Gasteiger partial charge in [-0.05, 0) is 30.3 Å². The highest BCUT2D eigenvalue weighted by atomic mass is 35.5. The quantitative estimate of drug-likeness (QED) is 0.853. The van der Waals surface area contributed by atoms with Crippen molar-refractivity contribution in [3.05, 3.63) is 53.3 Å². The van der Waals surface area contributed by atoms with Crippen molar-refractivity contribution < 1.29 is 18.7 Å². The van der Waals surface area contributed by atoms with E-state index in [1.807, 2.05) is 0 Å². The Morgan fingerprint density at radius 2 is 1.68 bits per heavy atom. The van der Waals surface area contributed by atoms with Gasteiger partial charge in [-0.25, -0.2) is 4.39 Å². The number of anilines is 2. The highest BCUT2D eigenvalue weighted by Gasteiger charge is 2.17. The Morgan fingerprint density at radius 3 is 2.32 bits per heavy atom. The monoisotopic (exact) mass is 322 g/mol. The molecule has 0 saturated heterocycles. The van der Waals surface area contributed by atoms with Crippen LogP contribution in [0.2, 0.25) is 5.02 Å². The van der Waals surface area contributed by atoms with Gasteiger partial charge in [0.1, 0.15) is 11.6 Å². The summed E-state index contributed by atoms with van der Waals surface area (Å²) < 4.78 is 18.5. The van der Waals surface area contributed by atoms with Gasteiger partial charge in [0.2, 0.25) is 0 Å². The number of benzene rings is 2. The minimum absolute atomic E-state index is 0.0827. The minimum Gasteiger partial charge on any atom is -0.495 e. The standard InChI is InChI=1S/C15H12ClFN2O3/c1-22-13-7-6-9(16)8-12(13)19-15(21)14(20)18-11-5-3-2-4-10(11)17/h2-8H,1H3,(H,18,20)(H,19,21). The van der Waals surface area contributed by atoms with Crippen LogP contribution < -0.4 is 15.4 Å². The molecule has 0 aliphatic carbocycles. The molecule has 0 unspecified atom stereocenters. The number of rotatable bonds is 3. The van der Waals surface area contributed by atoms with Crippen molar-refractivity contribution in [2.75, 3.05) is 17.7 Å². The van der Waals surface area contributed by atoms with Crippen LogP contribution in [0.5, 0.6) is 5.75 Å². The van der Waals surface area contributed by atoms with Crippen LogP contribution in [-0.4, -0.2) is 18.9 Å². The van der Waals surface area contributed by atoms with E-state index in [0.29, 0.717) is 10.8 Å². The lowest BCUT2D eigenvalue weighted by atomic mass is 10.2. The Labute approximate surface area is 131 Å². The van der Waals surface area contributed by atoms with E-state index in [1.165, 1.54) is 37.4 Å². The first-order chi connectivity index (χ1) is 10.5. The molecule has 22 heavy (non-hydrogen) atoms. The molecule has 0 aliphatic rings. The van der Waals surface area contributed by atoms with E-state index in [2.05, 4.69) is 10.6 Å². The largest absolute Gasteiger partial charge is 0.495 e. The lowest BCUT2D eigenvalue weighted by Gasteiger charge is -2.10. The van der Waals surface area contributed by atoms with Crippen molar-refractivity contribution in [1.29, 1.82) is 0 Å². The Balaban J connectivity index is 2.11. The van der Waals surface area contributed by atoms with Crippen molar-refractivity contribution in [2.45, 2.75) is 0 Å². The van der Waals surface area contributed by atoms with E-state index in [1.54, 1.807) is 12.1 Å². The molecule has 0 atom stereocenters. The number of hydrogen-bond donors (Lipinski definition) is 2. The van der Waals surface area contributed by atoms with Crippen LogP contribution >= 0.6 is 11.6 Å². The molecule has 0 heterocycles. The number of carbonyl (C=O) groups is 2. The first kappa shape index (κ1) is 15.8. The van der Waals surface area contributed by atoms with Crippen LogP contribution in [0.25, 0.3) is 0 Å². The molecule has 0 aliphatic heterocycles. The second kappa shape index (κ2) is 6.91. The zero-order valence-corrected chi connectivity index (χ0v) is 12.3. The van der Waals surface area contributed by atoms with Crippen LogP contribution in [0.3, 0.4) is 0 Å². The molecule has 2 aromatic rings. The zero-order chi connectivity index (χ0) is 16.1. The number of amides is 2. The third kappa shape index (κ3) is 3.73. The summed E-state index contributed by atoms with van der Waals surface area (Å²) >= 11 is 5.83. The summed E-state index contributed by atoms with van der Waals surface area (Å²) in [6.45, 7) is 0. The van der Waals surface area contributed by atoms with Gasteiger partial charge in [0, 0.05) is 5.02 Å². The SMILES string of the molecule is COc1ccc(Cl)cc1NC(=O)C(=O)Nc1ccccc1F. The smallest absolute Gasteiger partial charge is 0.314 e. The molecule has 7 heteroatoms. The Morgan fingerprint density at radius 1 is 1.05 bits per heavy atom. The Hall–Kier alpha value is -2.60. The van der Waals surface area contributed by atoms with E-state index in [9.17, 15) is 14.0 Å². The van der Waals surface area contributed by atoms with Gasteiger partial charge in [-0.1, -0.05) is 23.7 Å². The highest BCUT2D eigenvalue weighted by molar-refractivity contribution is 6.44. The number of carbonyl (C=O) groups excluding carboxylic acids is 2. The zero-order valence-electron chi connectivity index (χ0n) is 11.5. The Bertz CT molecular complexity index is 722. The van der Waals surface area contributed by atoms with Crippen LogP contribution in [-0.2, 0) is 9.59 Å². The van der Waals surface area contributed by atoms with Crippen LogP contribution in [0.15, 0.2) is 42.5 Å². The van der Waals surface area contributed by atoms with Gasteiger partial charge in [-0.15, -0.1) is 0 Å². The number of ether oxygens (including phenoxy) is 1. The van der Waals surface area contributed by atoms with Crippen LogP contribution in [0.1, 0.15) is 0 Å². The molecule has 0 saturated carbocycles. The summed E-state index contributed by atoms with van der Waals surface area (Å²) in [7, 11) is 1.41. The van der Waals surface area contributed by atoms with E-state index in [0.717, 1.165) is 0 Å². The number of methoxy groups -OCH3 is 1. The summed E-state index contributed by atoms with van der Waals surface area (Å²) in [6.07, 6.45) is 0. The highest BCUT2D eigenvalue weighted by Crippen LogP contribution is 2.27. The second-order valence-electron chi connectivity index (χ2n) is 4.23. The molecule has 2 rings (SSSR count). The molecule has 0 spiro atoms. The van der Waals surface area contributed by atoms with Crippen LogP contribution in [0.4, 0.5) is 15.8 Å². The molecule has 5 nitrogen and oxygen atoms in total. The van der Waals surface area contributed by atoms with Gasteiger partial charge in [0.05, 0.1) is 18.5 Å². The number of hydrogen-bond acceptors (Lipinski definition) is 3. The molecule has 0 radical (unpaired) electrons. The molecule has 0 aromatic heterocycles. The fourth-order valence-corrected chi connectivity index (χ4v) is 1.87. The normalized spacial score (nSPS) is 9.95. The summed E-state index contributed by atoms with van der Waals surface area (Å²) in [4.78, 5) is 23.7. The van der Waals surface area contributed by atoms with Crippen molar-refractivity contribution in [3.63, 3.8) is 0 Å². The minimum atomic E-state index is -1.01. The summed E-state index contributed by atoms with van der Waals surface area (Å²) in [5.74, 6) is -2.27. The molecule has 0 fully saturated rings. The molecule has 0 bridgehead atoms. The maximum atomic E-state index is 13.4. The third-order valence-corrected chi connectivity index (χ3v) is 2.97. The van der Waals surface area contributed by atoms with E-state index in [-0.39, 0.29) is 11.4 Å². The number of halogens is 2. The predicted octanol–water partition coefficient (Wildman–Crippen LogP) is 3.06. The molecule has 2 N–H and O–H groups in total. The van der Waals surface area contributed by atoms with Gasteiger partial charge in [0.25, 0.3) is 0 Å². The Kier molecular flexibility index (Phi) is 4.95. The second-order valence-corrected chi connectivity index (χ2v) is 4.67. The van der Waals surface area contributed by atoms with Gasteiger partial charge in [0.15, 0.2) is 0 Å². The van der Waals surface area contributed by atoms with Gasteiger partial charge >= 0.3 is 11.8 Å². The van der Waals surface area contributed by atoms with Crippen molar-refractivity contribution >= 4 is 34.8 Å². The van der Waals surface area contributed by atoms with Crippen LogP contribution in [0, 0.1) is 5.82 Å². The summed E-state index contributed by atoms with van der Waals surface area (Å²) in [5.41, 5.74) is 0.157. The predicted molar refractivity (Wildman–Crippen MR) is 81.7 cm³/mol. The topological polar surface area (TPSA) is 67.4 Å². The summed E-state index contributed by atoms with van der Waals surface area (Å²) in [6, 6.07) is 10.1. The van der Waals surface area contributed by atoms with Gasteiger partial charge < -0.3 is 15.4 Å². The number of para-hydroxylation sites is 1. The van der Waals surface area contributed by atoms with Gasteiger partial charge in [-0.2, -0.15) is 0 Å². The molecule has 114 valence electrons. The molecular weight excluding hydrogens is 311 g/mol. The molecular formula is C15H12ClFN2O3. The maximum absolute atomic E-state index is 13.4. The first-order valence-corrected chi connectivity index (χ1v) is 6.59. The lowest BCUT2D eigenvalue weighted by molar-refractivity contribution is -0.133. The van der Waals surface area contributed by atoms with E-state index in [4.69, 9.17) is 16.3 Å². The maximum Gasteiger partial charge on any atom is 0.314 e. The number of nitrogens with one attached hydrogen (secondary N) is 2. The van der Waals surface area contributed by atoms with Crippen molar-refractivity contribution in [1.82, 2.24) is 0 Å². The first-order valence-electron chi connectivity index (χ1n) is 6.21. The average molecular weight is 323 g/mol. The summed E-state index contributed by atoms with van der Waals surface area (Å²) in [5, 5.41) is 4.91. The lowest BCUT2D eigenvalue weighted by Crippen LogP contribution is -2.29. The average Bonchev–Trinajstić information content (AvgIpc) is 2.49. The van der Waals surface area contributed by atoms with Gasteiger partial charge in [-0.3, -0.25) is 9.59 Å². The third-order valence-electron chi connectivity index (χ3n) is 2.74. The molecule has 2 amide bonds. The van der Waals surface area contributed by atoms with E-state index >= 15 is 0 Å². The fraction of sp³-hybridized carbons (Fsp3) is 0.0667. The molecule has 2 aromatic carbocycles. The fourth-order valence-electron chi connectivity index (χ4n) is 1.70. The van der Waals surface area contributed by atoms with Crippen molar-refractivity contribution in [2.24, 2.45) is 0 Å². The van der Waals surface area contributed by atoms with Crippen molar-refractivity contribution in [3.8, 4) is 5.75 Å². The van der Waals surface area contributed by atoms with E-state index < -0.39 is 17.6 Å².